The Morgan fingerprint density at radius 2 is 1.76 bits per heavy atom. The predicted molar refractivity (Wildman–Crippen MR) is 190 cm³/mol. The minimum atomic E-state index is -3.44. The Kier molecular flexibility index (Phi) is 10.5. The van der Waals surface area contributed by atoms with Crippen LogP contribution >= 0.6 is 0 Å². The highest BCUT2D eigenvalue weighted by Crippen LogP contribution is 2.51. The van der Waals surface area contributed by atoms with Crippen LogP contribution in [0.25, 0.3) is 0 Å². The topological polar surface area (TPSA) is 112 Å². The number of hydrogen-bond donors (Lipinski definition) is 2. The van der Waals surface area contributed by atoms with E-state index >= 15 is 0 Å². The van der Waals surface area contributed by atoms with E-state index in [2.05, 4.69) is 26.1 Å². The van der Waals surface area contributed by atoms with Crippen LogP contribution in [0.2, 0.25) is 0 Å². The quantitative estimate of drug-likeness (QED) is 0.354. The zero-order valence-corrected chi connectivity index (χ0v) is 30.1. The molecule has 1 aliphatic carbocycles. The van der Waals surface area contributed by atoms with Crippen molar-refractivity contribution in [3.8, 4) is 0 Å². The molecule has 50 heavy (non-hydrogen) atoms. The van der Waals surface area contributed by atoms with E-state index in [1.807, 2.05) is 18.2 Å². The summed E-state index contributed by atoms with van der Waals surface area (Å²) in [4.78, 5) is 19.8. The molecule has 7 rings (SSSR count). The van der Waals surface area contributed by atoms with E-state index in [1.54, 1.807) is 18.2 Å². The predicted octanol–water partition coefficient (Wildman–Crippen LogP) is 4.21. The summed E-state index contributed by atoms with van der Waals surface area (Å²) < 4.78 is 51.6. The van der Waals surface area contributed by atoms with Crippen LogP contribution in [-0.2, 0) is 24.7 Å². The molecule has 274 valence electrons. The van der Waals surface area contributed by atoms with Crippen molar-refractivity contribution in [2.45, 2.75) is 78.6 Å². The molecule has 0 spiro atoms. The number of hydrogen-bond acceptors (Lipinski definition) is 9. The summed E-state index contributed by atoms with van der Waals surface area (Å²) in [6, 6.07) is 14.2. The van der Waals surface area contributed by atoms with E-state index in [0.29, 0.717) is 37.6 Å². The summed E-state index contributed by atoms with van der Waals surface area (Å²) in [6.07, 6.45) is 6.85. The molecule has 12 heteroatoms. The fourth-order valence-electron chi connectivity index (χ4n) is 9.70. The van der Waals surface area contributed by atoms with Crippen molar-refractivity contribution in [1.29, 1.82) is 0 Å². The van der Waals surface area contributed by atoms with Gasteiger partial charge in [0.1, 0.15) is 11.4 Å². The number of piperidine rings is 1. The number of carbonyl (C=O) groups excluding carboxylic acids is 1. The van der Waals surface area contributed by atoms with Crippen molar-refractivity contribution in [2.75, 3.05) is 77.6 Å². The van der Waals surface area contributed by atoms with Crippen molar-refractivity contribution < 1.29 is 32.2 Å². The molecule has 4 heterocycles. The van der Waals surface area contributed by atoms with Crippen molar-refractivity contribution in [3.05, 3.63) is 59.9 Å². The number of rotatable bonds is 11. The lowest BCUT2D eigenvalue weighted by atomic mass is 9.57. The van der Waals surface area contributed by atoms with Crippen LogP contribution in [0, 0.1) is 17.7 Å². The minimum Gasteiger partial charge on any atom is -0.453 e. The van der Waals surface area contributed by atoms with Gasteiger partial charge in [-0.15, -0.1) is 0 Å². The first-order valence-electron chi connectivity index (χ1n) is 18.5. The molecule has 1 saturated carbocycles. The smallest absolute Gasteiger partial charge is 0.407 e. The molecule has 5 aliphatic rings. The third-order valence-corrected chi connectivity index (χ3v) is 14.5. The number of anilines is 1. The van der Waals surface area contributed by atoms with Crippen molar-refractivity contribution >= 4 is 21.6 Å². The maximum atomic E-state index is 15.0. The van der Waals surface area contributed by atoms with Gasteiger partial charge in [-0.2, -0.15) is 0 Å². The number of amides is 1. The number of halogens is 1. The fourth-order valence-corrected chi connectivity index (χ4v) is 11.4. The zero-order chi connectivity index (χ0) is 34.9. The number of β-amino-alcohol motifs (C(OH)–C–C–N with tert-alkyl or cyclic N) is 1. The molecule has 0 radical (unpaired) electrons. The molecular weight excluding hydrogens is 660 g/mol. The van der Waals surface area contributed by atoms with Crippen LogP contribution in [-0.4, -0.2) is 119 Å². The molecular formula is C38H53FN4O6S. The lowest BCUT2D eigenvalue weighted by Gasteiger charge is -2.55. The van der Waals surface area contributed by atoms with Crippen LogP contribution in [0.15, 0.2) is 53.4 Å². The number of ether oxygens (including phenoxy) is 2. The second-order valence-corrected chi connectivity index (χ2v) is 17.7. The van der Waals surface area contributed by atoms with Gasteiger partial charge in [0.05, 0.1) is 23.9 Å². The highest BCUT2D eigenvalue weighted by molar-refractivity contribution is 7.92. The van der Waals surface area contributed by atoms with Gasteiger partial charge in [0.15, 0.2) is 9.84 Å². The van der Waals surface area contributed by atoms with E-state index in [-0.39, 0.29) is 35.7 Å². The van der Waals surface area contributed by atoms with Crippen molar-refractivity contribution in [1.82, 2.24) is 15.1 Å². The molecule has 2 aromatic carbocycles. The highest BCUT2D eigenvalue weighted by Gasteiger charge is 2.53. The number of carbonyl (C=O) groups is 1. The van der Waals surface area contributed by atoms with Crippen LogP contribution in [0.3, 0.4) is 0 Å². The summed E-state index contributed by atoms with van der Waals surface area (Å²) in [5.41, 5.74) is 0.759. The SMILES string of the molecule is COC(=O)N[C@H]1CCC[C@@H]1[C@](CN1CCC1)(c1cccc(F)c1)C1CCN(CC2(O)CN(c3ccc(S(=O)(=O)[C@H]4CCCOC4)cc3)C2)CC1. The monoisotopic (exact) mass is 712 g/mol. The molecule has 2 aromatic rings. The molecule has 1 amide bonds. The second-order valence-electron chi connectivity index (χ2n) is 15.5. The van der Waals surface area contributed by atoms with Gasteiger partial charge in [-0.3, -0.25) is 0 Å². The maximum absolute atomic E-state index is 15.0. The number of aliphatic hydroxyl groups is 1. The molecule has 5 fully saturated rings. The number of methoxy groups -OCH3 is 1. The number of alkyl carbamates (subject to hydrolysis) is 1. The zero-order valence-electron chi connectivity index (χ0n) is 29.3. The van der Waals surface area contributed by atoms with Gasteiger partial charge in [0, 0.05) is 49.9 Å². The van der Waals surface area contributed by atoms with Gasteiger partial charge >= 0.3 is 6.09 Å². The Hall–Kier alpha value is -2.77. The van der Waals surface area contributed by atoms with Gasteiger partial charge in [0.25, 0.3) is 0 Å². The normalized spacial score (nSPS) is 27.6. The number of nitrogens with one attached hydrogen (secondary N) is 1. The maximum Gasteiger partial charge on any atom is 0.407 e. The first kappa shape index (κ1) is 35.6. The van der Waals surface area contributed by atoms with Crippen molar-refractivity contribution in [3.63, 3.8) is 0 Å². The van der Waals surface area contributed by atoms with E-state index < -0.39 is 26.8 Å². The van der Waals surface area contributed by atoms with Gasteiger partial charge in [0.2, 0.25) is 0 Å². The Balaban J connectivity index is 1.02. The number of benzene rings is 2. The van der Waals surface area contributed by atoms with E-state index in [1.165, 1.54) is 19.6 Å². The van der Waals surface area contributed by atoms with Crippen LogP contribution in [0.1, 0.15) is 56.9 Å². The Morgan fingerprint density at radius 1 is 1.00 bits per heavy atom. The number of sulfone groups is 1. The van der Waals surface area contributed by atoms with Crippen molar-refractivity contribution in [2.24, 2.45) is 11.8 Å². The summed E-state index contributed by atoms with van der Waals surface area (Å²) in [7, 11) is -2.03. The number of nitrogens with zero attached hydrogens (tertiary/aromatic N) is 3. The fraction of sp³-hybridized carbons (Fsp3) is 0.658. The highest BCUT2D eigenvalue weighted by atomic mass is 32.2. The molecule has 4 saturated heterocycles. The van der Waals surface area contributed by atoms with Gasteiger partial charge in [-0.05, 0) is 125 Å². The lowest BCUT2D eigenvalue weighted by Crippen LogP contribution is -2.67. The minimum absolute atomic E-state index is 0.0397. The largest absolute Gasteiger partial charge is 0.453 e. The average molecular weight is 713 g/mol. The average Bonchev–Trinajstić information content (AvgIpc) is 3.56. The Morgan fingerprint density at radius 3 is 2.40 bits per heavy atom. The molecule has 0 aromatic heterocycles. The first-order valence-corrected chi connectivity index (χ1v) is 20.1. The van der Waals surface area contributed by atoms with Crippen LogP contribution in [0.4, 0.5) is 14.9 Å². The van der Waals surface area contributed by atoms with E-state index in [0.717, 1.165) is 82.5 Å². The van der Waals surface area contributed by atoms with Gasteiger partial charge in [-0.1, -0.05) is 18.6 Å². The molecule has 4 aliphatic heterocycles. The first-order chi connectivity index (χ1) is 24.1. The molecule has 0 unspecified atom stereocenters. The number of likely N-dealkylation sites (tertiary alicyclic amines) is 2. The van der Waals surface area contributed by atoms with E-state index in [9.17, 15) is 22.7 Å². The summed E-state index contributed by atoms with van der Waals surface area (Å²) >= 11 is 0. The molecule has 2 N–H and O–H groups in total. The van der Waals surface area contributed by atoms with Crippen LogP contribution < -0.4 is 10.2 Å². The second kappa shape index (κ2) is 14.7. The Labute approximate surface area is 296 Å². The van der Waals surface area contributed by atoms with Crippen LogP contribution in [0.5, 0.6) is 0 Å². The Bertz CT molecular complexity index is 1590. The van der Waals surface area contributed by atoms with Gasteiger partial charge < -0.3 is 34.6 Å². The molecule has 0 bridgehead atoms. The third-order valence-electron chi connectivity index (χ3n) is 12.4. The summed E-state index contributed by atoms with van der Waals surface area (Å²) in [5, 5.41) is 14.2. The summed E-state index contributed by atoms with van der Waals surface area (Å²) in [5.74, 6) is 0.214. The molecule has 4 atom stereocenters. The molecule has 10 nitrogen and oxygen atoms in total. The summed E-state index contributed by atoms with van der Waals surface area (Å²) in [6.45, 7) is 7.00. The lowest BCUT2D eigenvalue weighted by molar-refractivity contribution is -0.0362. The standard InChI is InChI=1S/C38H53FN4O6S/c1-48-36(44)40-35-10-3-9-34(35)38(27-41-17-5-18-41,29-6-2-7-30(39)22-29)28-15-19-42(20-16-28)24-37(45)25-43(26-37)31-11-13-32(14-12-31)50(46,47)33-8-4-21-49-23-33/h2,6-7,11-14,22,28,33-35,45H,3-5,8-10,15-21,23-27H2,1H3,(H,40,44)/t33-,34-,35-,38-/m0/s1. The van der Waals surface area contributed by atoms with E-state index in [4.69, 9.17) is 9.47 Å². The third kappa shape index (κ3) is 7.15. The van der Waals surface area contributed by atoms with Gasteiger partial charge in [-0.25, -0.2) is 17.6 Å².